The number of aryl methyl sites for hydroxylation is 2. The average molecular weight is 536 g/mol. The number of fused-ring (bicyclic) bond motifs is 3. The number of benzene rings is 2. The normalized spacial score (nSPS) is 12.1. The molecule has 0 atom stereocenters. The molecule has 0 unspecified atom stereocenters. The number of thiazole rings is 1. The summed E-state index contributed by atoms with van der Waals surface area (Å²) in [6.07, 6.45) is 1.78. The topological polar surface area (TPSA) is 90.1 Å². The fraction of sp³-hybridized carbons (Fsp3) is 0.190. The third kappa shape index (κ3) is 3.63. The molecule has 0 aliphatic rings. The van der Waals surface area contributed by atoms with Crippen LogP contribution in [0.3, 0.4) is 0 Å². The molecule has 2 aromatic carbocycles. The second-order valence-corrected chi connectivity index (χ2v) is 8.96. The Bertz CT molecular complexity index is 1420. The summed E-state index contributed by atoms with van der Waals surface area (Å²) < 4.78 is 13.6. The molecule has 30 heavy (non-hydrogen) atoms. The molecule has 0 saturated heterocycles. The first-order chi connectivity index (χ1) is 14.3. The molecular weight excluding hydrogens is 519 g/mol. The van der Waals surface area contributed by atoms with E-state index in [1.54, 1.807) is 16.5 Å². The summed E-state index contributed by atoms with van der Waals surface area (Å²) in [5.41, 5.74) is 4.48. The van der Waals surface area contributed by atoms with Crippen molar-refractivity contribution in [2.75, 3.05) is 13.7 Å². The summed E-state index contributed by atoms with van der Waals surface area (Å²) in [6.45, 7) is 3.58. The first kappa shape index (κ1) is 20.6. The molecular formula is C21H17IN2O5S. The standard InChI is InChI=1S/C21H17IN2O5S/c1-10-4-14-15(5-11(10)2)24-20(27)17(30-21(24)23-14)8-12-6-13(22)19(16(7-12)28-3)29-9-18(25)26/h4-8H,9H2,1-3H3,(H,25,26)/b17-8-. The molecule has 154 valence electrons. The van der Waals surface area contributed by atoms with Gasteiger partial charge in [0.15, 0.2) is 23.1 Å². The van der Waals surface area contributed by atoms with Gasteiger partial charge in [-0.05, 0) is 83.5 Å². The van der Waals surface area contributed by atoms with Crippen molar-refractivity contribution in [1.82, 2.24) is 9.38 Å². The maximum atomic E-state index is 13.1. The van der Waals surface area contributed by atoms with Crippen LogP contribution < -0.4 is 19.6 Å². The van der Waals surface area contributed by atoms with E-state index in [4.69, 9.17) is 14.6 Å². The Balaban J connectivity index is 1.84. The van der Waals surface area contributed by atoms with Crippen LogP contribution in [-0.4, -0.2) is 34.2 Å². The van der Waals surface area contributed by atoms with Crippen LogP contribution in [0.1, 0.15) is 16.7 Å². The second kappa shape index (κ2) is 7.88. The number of nitrogens with zero attached hydrogens (tertiary/aromatic N) is 2. The van der Waals surface area contributed by atoms with Crippen molar-refractivity contribution in [2.24, 2.45) is 0 Å². The highest BCUT2D eigenvalue weighted by Gasteiger charge is 2.15. The number of hydrogen-bond acceptors (Lipinski definition) is 6. The number of hydrogen-bond donors (Lipinski definition) is 1. The predicted molar refractivity (Wildman–Crippen MR) is 124 cm³/mol. The Kier molecular flexibility index (Phi) is 5.41. The Hall–Kier alpha value is -2.66. The molecule has 0 fully saturated rings. The molecule has 4 aromatic rings. The quantitative estimate of drug-likeness (QED) is 0.395. The monoisotopic (exact) mass is 536 g/mol. The lowest BCUT2D eigenvalue weighted by atomic mass is 10.1. The first-order valence-corrected chi connectivity index (χ1v) is 10.8. The number of carboxylic acids is 1. The van der Waals surface area contributed by atoms with Crippen molar-refractivity contribution in [3.8, 4) is 11.5 Å². The smallest absolute Gasteiger partial charge is 0.341 e. The van der Waals surface area contributed by atoms with Crippen molar-refractivity contribution in [2.45, 2.75) is 13.8 Å². The molecule has 0 amide bonds. The van der Waals surface area contributed by atoms with Crippen molar-refractivity contribution in [3.05, 3.63) is 59.4 Å². The zero-order chi connectivity index (χ0) is 21.6. The van der Waals surface area contributed by atoms with E-state index in [1.165, 1.54) is 18.4 Å². The van der Waals surface area contributed by atoms with Crippen LogP contribution in [0.25, 0.3) is 22.1 Å². The number of halogens is 1. The van der Waals surface area contributed by atoms with Crippen LogP contribution in [0.2, 0.25) is 0 Å². The number of carboxylic acid groups (broad SMARTS) is 1. The van der Waals surface area contributed by atoms with E-state index in [0.29, 0.717) is 24.6 Å². The third-order valence-corrected chi connectivity index (χ3v) is 6.51. The van der Waals surface area contributed by atoms with E-state index in [-0.39, 0.29) is 5.56 Å². The fourth-order valence-electron chi connectivity index (χ4n) is 3.17. The van der Waals surface area contributed by atoms with E-state index >= 15 is 0 Å². The molecule has 1 N–H and O–H groups in total. The van der Waals surface area contributed by atoms with Crippen LogP contribution in [0.4, 0.5) is 0 Å². The highest BCUT2D eigenvalue weighted by molar-refractivity contribution is 14.1. The Morgan fingerprint density at radius 3 is 2.70 bits per heavy atom. The van der Waals surface area contributed by atoms with Crippen LogP contribution in [0.5, 0.6) is 11.5 Å². The molecule has 9 heteroatoms. The Morgan fingerprint density at radius 2 is 2.00 bits per heavy atom. The summed E-state index contributed by atoms with van der Waals surface area (Å²) in [5.74, 6) is -0.309. The molecule has 0 radical (unpaired) electrons. The summed E-state index contributed by atoms with van der Waals surface area (Å²) in [5, 5.41) is 8.85. The van der Waals surface area contributed by atoms with Crippen molar-refractivity contribution < 1.29 is 19.4 Å². The lowest BCUT2D eigenvalue weighted by Gasteiger charge is -2.12. The molecule has 0 aliphatic carbocycles. The fourth-order valence-corrected chi connectivity index (χ4v) is 4.93. The van der Waals surface area contributed by atoms with Gasteiger partial charge in [-0.3, -0.25) is 4.79 Å². The van der Waals surface area contributed by atoms with Gasteiger partial charge >= 0.3 is 5.97 Å². The third-order valence-electron chi connectivity index (χ3n) is 4.74. The molecule has 4 rings (SSSR count). The van der Waals surface area contributed by atoms with Crippen LogP contribution >= 0.6 is 33.9 Å². The number of imidazole rings is 1. The van der Waals surface area contributed by atoms with Gasteiger partial charge in [-0.25, -0.2) is 14.2 Å². The van der Waals surface area contributed by atoms with Crippen molar-refractivity contribution in [1.29, 1.82) is 0 Å². The molecule has 7 nitrogen and oxygen atoms in total. The van der Waals surface area contributed by atoms with E-state index in [2.05, 4.69) is 27.6 Å². The zero-order valence-electron chi connectivity index (χ0n) is 16.4. The molecule has 0 saturated carbocycles. The van der Waals surface area contributed by atoms with Gasteiger partial charge in [0.2, 0.25) is 0 Å². The molecule has 0 aliphatic heterocycles. The van der Waals surface area contributed by atoms with Gasteiger partial charge in [-0.2, -0.15) is 0 Å². The number of rotatable bonds is 5. The van der Waals surface area contributed by atoms with E-state index in [1.807, 2.05) is 32.0 Å². The van der Waals surface area contributed by atoms with E-state index in [0.717, 1.165) is 27.7 Å². The highest BCUT2D eigenvalue weighted by atomic mass is 127. The molecule has 2 heterocycles. The SMILES string of the molecule is COc1cc(/C=c2\sc3nc4cc(C)c(C)cc4n3c2=O)cc(I)c1OCC(=O)O. The van der Waals surface area contributed by atoms with Gasteiger partial charge in [0, 0.05) is 0 Å². The van der Waals surface area contributed by atoms with Gasteiger partial charge in [-0.15, -0.1) is 0 Å². The summed E-state index contributed by atoms with van der Waals surface area (Å²) in [4.78, 5) is 29.1. The van der Waals surface area contributed by atoms with Crippen LogP contribution in [0.15, 0.2) is 29.1 Å². The van der Waals surface area contributed by atoms with Gasteiger partial charge in [0.1, 0.15) is 0 Å². The lowest BCUT2D eigenvalue weighted by Crippen LogP contribution is -2.22. The lowest BCUT2D eigenvalue weighted by molar-refractivity contribution is -0.139. The summed E-state index contributed by atoms with van der Waals surface area (Å²) in [6, 6.07) is 7.51. The number of aromatic nitrogens is 2. The Labute approximate surface area is 188 Å². The molecule has 0 spiro atoms. The van der Waals surface area contributed by atoms with Crippen molar-refractivity contribution >= 4 is 62.0 Å². The predicted octanol–water partition coefficient (Wildman–Crippen LogP) is 3.15. The number of ether oxygens (including phenoxy) is 2. The molecule has 2 aromatic heterocycles. The van der Waals surface area contributed by atoms with Gasteiger partial charge in [-0.1, -0.05) is 11.3 Å². The number of aliphatic carboxylic acids is 1. The Morgan fingerprint density at radius 1 is 1.27 bits per heavy atom. The maximum absolute atomic E-state index is 13.1. The van der Waals surface area contributed by atoms with E-state index in [9.17, 15) is 9.59 Å². The van der Waals surface area contributed by atoms with Gasteiger partial charge in [0.05, 0.1) is 26.2 Å². The minimum Gasteiger partial charge on any atom is -0.493 e. The minimum atomic E-state index is -1.07. The van der Waals surface area contributed by atoms with Crippen LogP contribution in [-0.2, 0) is 4.79 Å². The van der Waals surface area contributed by atoms with E-state index < -0.39 is 12.6 Å². The number of carbonyl (C=O) groups is 1. The van der Waals surface area contributed by atoms with Crippen molar-refractivity contribution in [3.63, 3.8) is 0 Å². The summed E-state index contributed by atoms with van der Waals surface area (Å²) >= 11 is 3.38. The number of methoxy groups -OCH3 is 1. The highest BCUT2D eigenvalue weighted by Crippen LogP contribution is 2.34. The van der Waals surface area contributed by atoms with Gasteiger partial charge in [0.25, 0.3) is 5.56 Å². The van der Waals surface area contributed by atoms with Gasteiger partial charge < -0.3 is 14.6 Å². The average Bonchev–Trinajstić information content (AvgIpc) is 3.17. The maximum Gasteiger partial charge on any atom is 0.341 e. The summed E-state index contributed by atoms with van der Waals surface area (Å²) in [7, 11) is 1.48. The minimum absolute atomic E-state index is 0.124. The zero-order valence-corrected chi connectivity index (χ0v) is 19.3. The van der Waals surface area contributed by atoms with Crippen LogP contribution in [0, 0.1) is 17.4 Å². The largest absolute Gasteiger partial charge is 0.493 e. The molecule has 0 bridgehead atoms. The second-order valence-electron chi connectivity index (χ2n) is 6.79. The first-order valence-electron chi connectivity index (χ1n) is 8.94.